The number of nitrogens with zero attached hydrogens (tertiary/aromatic N) is 2. The summed E-state index contributed by atoms with van der Waals surface area (Å²) in [6, 6.07) is 15.4. The van der Waals surface area contributed by atoms with Gasteiger partial charge >= 0.3 is 0 Å². The van der Waals surface area contributed by atoms with E-state index in [0.29, 0.717) is 5.56 Å². The zero-order valence-electron chi connectivity index (χ0n) is 18.5. The molecule has 0 aliphatic carbocycles. The summed E-state index contributed by atoms with van der Waals surface area (Å²) < 4.78 is 0. The number of carbonyl (C=O) groups is 2. The average molecular weight is 409 g/mol. The van der Waals surface area contributed by atoms with Gasteiger partial charge in [0.2, 0.25) is 0 Å². The summed E-state index contributed by atoms with van der Waals surface area (Å²) in [7, 11) is 0. The standard InChI is InChI=1S/C24H32N4O2/c1-6-28(7-2)21-14-8-18(9-15-21)16-26-27-22(29)17-25-23(30)19-10-12-20(13-11-19)24(3,4)5/h8-16H,6-7,17H2,1-5H3,(H,25,30)(H,27,29)/b26-16+. The molecule has 2 aromatic carbocycles. The predicted molar refractivity (Wildman–Crippen MR) is 123 cm³/mol. The van der Waals surface area contributed by atoms with Gasteiger partial charge in [-0.1, -0.05) is 45.0 Å². The van der Waals surface area contributed by atoms with Gasteiger partial charge in [-0.05, 0) is 54.7 Å². The van der Waals surface area contributed by atoms with Crippen molar-refractivity contribution in [2.45, 2.75) is 40.0 Å². The van der Waals surface area contributed by atoms with Gasteiger partial charge in [0, 0.05) is 24.3 Å². The first-order valence-electron chi connectivity index (χ1n) is 10.3. The fraction of sp³-hybridized carbons (Fsp3) is 0.375. The maximum absolute atomic E-state index is 12.2. The van der Waals surface area contributed by atoms with Crippen LogP contribution in [0.2, 0.25) is 0 Å². The van der Waals surface area contributed by atoms with Crippen molar-refractivity contribution in [2.75, 3.05) is 24.5 Å². The maximum Gasteiger partial charge on any atom is 0.259 e. The first-order valence-corrected chi connectivity index (χ1v) is 10.3. The molecule has 0 radical (unpaired) electrons. The van der Waals surface area contributed by atoms with Gasteiger partial charge in [0.25, 0.3) is 11.8 Å². The number of amides is 2. The Kier molecular flexibility index (Phi) is 8.16. The maximum atomic E-state index is 12.2. The molecule has 0 saturated heterocycles. The molecule has 30 heavy (non-hydrogen) atoms. The molecule has 0 spiro atoms. The van der Waals surface area contributed by atoms with E-state index in [0.717, 1.165) is 29.9 Å². The highest BCUT2D eigenvalue weighted by Crippen LogP contribution is 2.22. The second kappa shape index (κ2) is 10.6. The van der Waals surface area contributed by atoms with Crippen LogP contribution in [0.3, 0.4) is 0 Å². The molecule has 0 bridgehead atoms. The van der Waals surface area contributed by atoms with Gasteiger partial charge in [-0.2, -0.15) is 5.10 Å². The van der Waals surface area contributed by atoms with Crippen LogP contribution in [0.15, 0.2) is 53.6 Å². The Bertz CT molecular complexity index is 862. The van der Waals surface area contributed by atoms with Crippen LogP contribution in [-0.4, -0.2) is 37.7 Å². The fourth-order valence-corrected chi connectivity index (χ4v) is 2.96. The summed E-state index contributed by atoms with van der Waals surface area (Å²) in [5.41, 5.74) is 6.16. The topological polar surface area (TPSA) is 73.8 Å². The highest BCUT2D eigenvalue weighted by Gasteiger charge is 2.14. The molecule has 0 atom stereocenters. The molecule has 2 rings (SSSR count). The zero-order valence-corrected chi connectivity index (χ0v) is 18.5. The van der Waals surface area contributed by atoms with E-state index in [-0.39, 0.29) is 23.8 Å². The van der Waals surface area contributed by atoms with E-state index in [1.54, 1.807) is 18.3 Å². The van der Waals surface area contributed by atoms with Gasteiger partial charge < -0.3 is 10.2 Å². The molecule has 160 valence electrons. The molecule has 2 N–H and O–H groups in total. The van der Waals surface area contributed by atoms with Gasteiger partial charge in [0.1, 0.15) is 0 Å². The normalized spacial score (nSPS) is 11.4. The van der Waals surface area contributed by atoms with Gasteiger partial charge in [0.15, 0.2) is 0 Å². The van der Waals surface area contributed by atoms with E-state index in [1.165, 1.54) is 0 Å². The zero-order chi connectivity index (χ0) is 22.1. The summed E-state index contributed by atoms with van der Waals surface area (Å²) in [6.45, 7) is 12.4. The molecular formula is C24H32N4O2. The fourth-order valence-electron chi connectivity index (χ4n) is 2.96. The number of hydrazone groups is 1. The van der Waals surface area contributed by atoms with Crippen molar-refractivity contribution < 1.29 is 9.59 Å². The van der Waals surface area contributed by atoms with Crippen molar-refractivity contribution in [1.29, 1.82) is 0 Å². The van der Waals surface area contributed by atoms with E-state index in [2.05, 4.69) is 55.4 Å². The molecule has 6 nitrogen and oxygen atoms in total. The molecule has 0 aromatic heterocycles. The lowest BCUT2D eigenvalue weighted by molar-refractivity contribution is -0.120. The number of anilines is 1. The molecule has 0 saturated carbocycles. The Labute approximate surface area is 179 Å². The second-order valence-corrected chi connectivity index (χ2v) is 8.07. The minimum absolute atomic E-state index is 0.0264. The van der Waals surface area contributed by atoms with Crippen LogP contribution >= 0.6 is 0 Å². The van der Waals surface area contributed by atoms with Crippen LogP contribution in [0.4, 0.5) is 5.69 Å². The lowest BCUT2D eigenvalue weighted by Gasteiger charge is -2.20. The summed E-state index contributed by atoms with van der Waals surface area (Å²) in [5, 5.41) is 6.56. The average Bonchev–Trinajstić information content (AvgIpc) is 2.73. The Morgan fingerprint density at radius 2 is 1.57 bits per heavy atom. The van der Waals surface area contributed by atoms with Crippen LogP contribution in [0.5, 0.6) is 0 Å². The van der Waals surface area contributed by atoms with Gasteiger partial charge in [0.05, 0.1) is 12.8 Å². The van der Waals surface area contributed by atoms with E-state index in [1.807, 2.05) is 36.4 Å². The van der Waals surface area contributed by atoms with Crippen molar-refractivity contribution in [1.82, 2.24) is 10.7 Å². The van der Waals surface area contributed by atoms with E-state index < -0.39 is 0 Å². The number of nitrogens with one attached hydrogen (secondary N) is 2. The minimum atomic E-state index is -0.384. The van der Waals surface area contributed by atoms with Crippen molar-refractivity contribution in [3.8, 4) is 0 Å². The lowest BCUT2D eigenvalue weighted by Crippen LogP contribution is -2.34. The van der Waals surface area contributed by atoms with Crippen LogP contribution in [0, 0.1) is 0 Å². The Morgan fingerprint density at radius 3 is 2.10 bits per heavy atom. The summed E-state index contributed by atoms with van der Waals surface area (Å²) >= 11 is 0. The molecule has 0 heterocycles. The number of rotatable bonds is 8. The number of hydrogen-bond acceptors (Lipinski definition) is 4. The predicted octanol–water partition coefficient (Wildman–Crippen LogP) is 3.71. The highest BCUT2D eigenvalue weighted by atomic mass is 16.2. The molecule has 0 aliphatic rings. The van der Waals surface area contributed by atoms with Crippen LogP contribution in [0.25, 0.3) is 0 Å². The highest BCUT2D eigenvalue weighted by molar-refractivity contribution is 5.96. The van der Waals surface area contributed by atoms with Crippen LogP contribution in [-0.2, 0) is 10.2 Å². The molecule has 0 fully saturated rings. The van der Waals surface area contributed by atoms with E-state index in [9.17, 15) is 9.59 Å². The summed E-state index contributed by atoms with van der Waals surface area (Å²) in [6.07, 6.45) is 1.58. The SMILES string of the molecule is CCN(CC)c1ccc(/C=N/NC(=O)CNC(=O)c2ccc(C(C)(C)C)cc2)cc1. The third-order valence-corrected chi connectivity index (χ3v) is 4.85. The van der Waals surface area contributed by atoms with Crippen molar-refractivity contribution in [3.05, 3.63) is 65.2 Å². The van der Waals surface area contributed by atoms with Crippen LogP contribution in [0.1, 0.15) is 56.1 Å². The van der Waals surface area contributed by atoms with E-state index >= 15 is 0 Å². The molecule has 2 amide bonds. The third kappa shape index (κ3) is 6.72. The minimum Gasteiger partial charge on any atom is -0.372 e. The molecule has 6 heteroatoms. The largest absolute Gasteiger partial charge is 0.372 e. The van der Waals surface area contributed by atoms with Crippen molar-refractivity contribution >= 4 is 23.7 Å². The quantitative estimate of drug-likeness (QED) is 0.517. The monoisotopic (exact) mass is 408 g/mol. The van der Waals surface area contributed by atoms with Gasteiger partial charge in [-0.15, -0.1) is 0 Å². The molecule has 2 aromatic rings. The Morgan fingerprint density at radius 1 is 0.967 bits per heavy atom. The summed E-state index contributed by atoms with van der Waals surface area (Å²) in [4.78, 5) is 26.4. The third-order valence-electron chi connectivity index (χ3n) is 4.85. The second-order valence-electron chi connectivity index (χ2n) is 8.07. The first-order chi connectivity index (χ1) is 14.2. The first kappa shape index (κ1) is 23.1. The molecule has 0 aliphatic heterocycles. The number of carbonyl (C=O) groups excluding carboxylic acids is 2. The van der Waals surface area contributed by atoms with Gasteiger partial charge in [-0.25, -0.2) is 5.43 Å². The number of benzene rings is 2. The number of hydrogen-bond donors (Lipinski definition) is 2. The van der Waals surface area contributed by atoms with E-state index in [4.69, 9.17) is 0 Å². The Balaban J connectivity index is 1.81. The molecular weight excluding hydrogens is 376 g/mol. The van der Waals surface area contributed by atoms with Crippen molar-refractivity contribution in [2.24, 2.45) is 5.10 Å². The summed E-state index contributed by atoms with van der Waals surface area (Å²) in [5.74, 6) is -0.674. The van der Waals surface area contributed by atoms with Crippen LogP contribution < -0.4 is 15.6 Å². The molecule has 0 unspecified atom stereocenters. The lowest BCUT2D eigenvalue weighted by atomic mass is 9.87. The van der Waals surface area contributed by atoms with Crippen molar-refractivity contribution in [3.63, 3.8) is 0 Å². The Hall–Kier alpha value is -3.15. The van der Waals surface area contributed by atoms with Gasteiger partial charge in [-0.3, -0.25) is 9.59 Å². The smallest absolute Gasteiger partial charge is 0.259 e.